The third kappa shape index (κ3) is 4.57. The molecule has 4 heteroatoms. The Kier molecular flexibility index (Phi) is 4.93. The van der Waals surface area contributed by atoms with Crippen LogP contribution in [0.3, 0.4) is 0 Å². The number of para-hydroxylation sites is 1. The molecular weight excluding hydrogens is 334 g/mol. The average molecular weight is 357 g/mol. The Balaban J connectivity index is 1.43. The lowest BCUT2D eigenvalue weighted by atomic mass is 10.0. The SMILES string of the molecule is Cc1cc(C#CC2CC2)ccc1-c1cn(CC(C)Oc2ccccc2)nn1. The first-order valence-electron chi connectivity index (χ1n) is 9.42. The first-order chi connectivity index (χ1) is 13.2. The van der Waals surface area contributed by atoms with Crippen LogP contribution < -0.4 is 4.74 Å². The van der Waals surface area contributed by atoms with Crippen LogP contribution in [0.5, 0.6) is 5.75 Å². The van der Waals surface area contributed by atoms with Crippen LogP contribution in [-0.2, 0) is 6.54 Å². The van der Waals surface area contributed by atoms with E-state index in [1.165, 1.54) is 18.4 Å². The summed E-state index contributed by atoms with van der Waals surface area (Å²) in [5, 5.41) is 8.61. The zero-order valence-electron chi connectivity index (χ0n) is 15.7. The van der Waals surface area contributed by atoms with E-state index >= 15 is 0 Å². The Morgan fingerprint density at radius 3 is 2.74 bits per heavy atom. The minimum absolute atomic E-state index is 0.00289. The van der Waals surface area contributed by atoms with Crippen molar-refractivity contribution in [1.29, 1.82) is 0 Å². The van der Waals surface area contributed by atoms with Gasteiger partial charge < -0.3 is 4.74 Å². The summed E-state index contributed by atoms with van der Waals surface area (Å²) in [4.78, 5) is 0. The maximum atomic E-state index is 5.92. The third-order valence-electron chi connectivity index (χ3n) is 4.56. The Hall–Kier alpha value is -3.06. The van der Waals surface area contributed by atoms with Crippen molar-refractivity contribution in [3.63, 3.8) is 0 Å². The standard InChI is InChI=1S/C23H23N3O/c1-17-14-20(11-10-19-8-9-19)12-13-22(17)23-16-26(25-24-23)15-18(2)27-21-6-4-3-5-7-21/h3-7,12-14,16,18-19H,8-9,15H2,1-2H3. The maximum absolute atomic E-state index is 5.92. The predicted octanol–water partition coefficient (Wildman–Crippen LogP) is 4.48. The van der Waals surface area contributed by atoms with E-state index in [2.05, 4.69) is 47.3 Å². The molecule has 0 radical (unpaired) electrons. The highest BCUT2D eigenvalue weighted by Gasteiger charge is 2.17. The third-order valence-corrected chi connectivity index (χ3v) is 4.56. The highest BCUT2D eigenvalue weighted by atomic mass is 16.5. The summed E-state index contributed by atoms with van der Waals surface area (Å²) in [5.74, 6) is 8.06. The van der Waals surface area contributed by atoms with E-state index in [0.717, 1.165) is 22.6 Å². The van der Waals surface area contributed by atoms with E-state index in [1.807, 2.05) is 48.1 Å². The molecule has 1 heterocycles. The lowest BCUT2D eigenvalue weighted by Crippen LogP contribution is -2.19. The molecule has 0 bridgehead atoms. The number of rotatable bonds is 5. The van der Waals surface area contributed by atoms with E-state index in [1.54, 1.807) is 0 Å². The smallest absolute Gasteiger partial charge is 0.119 e. The van der Waals surface area contributed by atoms with Gasteiger partial charge >= 0.3 is 0 Å². The molecule has 27 heavy (non-hydrogen) atoms. The number of aryl methyl sites for hydroxylation is 1. The Morgan fingerprint density at radius 2 is 2.00 bits per heavy atom. The highest BCUT2D eigenvalue weighted by molar-refractivity contribution is 5.64. The van der Waals surface area contributed by atoms with Crippen molar-refractivity contribution in [3.8, 4) is 28.8 Å². The first kappa shape index (κ1) is 17.4. The van der Waals surface area contributed by atoms with Gasteiger partial charge in [-0.15, -0.1) is 5.10 Å². The van der Waals surface area contributed by atoms with E-state index in [0.29, 0.717) is 12.5 Å². The van der Waals surface area contributed by atoms with Gasteiger partial charge in [0.15, 0.2) is 0 Å². The molecule has 136 valence electrons. The molecule has 0 amide bonds. The second-order valence-corrected chi connectivity index (χ2v) is 7.14. The number of ether oxygens (including phenoxy) is 1. The van der Waals surface area contributed by atoms with Gasteiger partial charge in [-0.05, 0) is 56.5 Å². The number of nitrogens with zero attached hydrogens (tertiary/aromatic N) is 3. The normalized spacial score (nSPS) is 14.3. The highest BCUT2D eigenvalue weighted by Crippen LogP contribution is 2.28. The van der Waals surface area contributed by atoms with Crippen molar-refractivity contribution in [2.75, 3.05) is 0 Å². The van der Waals surface area contributed by atoms with Crippen LogP contribution in [0, 0.1) is 24.7 Å². The Bertz CT molecular complexity index is 978. The van der Waals surface area contributed by atoms with Gasteiger partial charge in [-0.3, -0.25) is 0 Å². The zero-order valence-corrected chi connectivity index (χ0v) is 15.7. The molecule has 0 spiro atoms. The summed E-state index contributed by atoms with van der Waals surface area (Å²) in [6.07, 6.45) is 4.48. The number of aromatic nitrogens is 3. The molecule has 1 fully saturated rings. The summed E-state index contributed by atoms with van der Waals surface area (Å²) in [7, 11) is 0. The minimum Gasteiger partial charge on any atom is -0.489 e. The average Bonchev–Trinajstić information content (AvgIpc) is 3.39. The fourth-order valence-corrected chi connectivity index (χ4v) is 2.98. The molecule has 2 aromatic carbocycles. The second kappa shape index (κ2) is 7.67. The molecule has 1 saturated carbocycles. The number of hydrogen-bond donors (Lipinski definition) is 0. The summed E-state index contributed by atoms with van der Waals surface area (Å²) in [6.45, 7) is 4.77. The molecule has 0 aliphatic heterocycles. The van der Waals surface area contributed by atoms with Crippen LogP contribution in [0.4, 0.5) is 0 Å². The Labute approximate surface area is 160 Å². The molecule has 0 saturated heterocycles. The minimum atomic E-state index is 0.00289. The van der Waals surface area contributed by atoms with Crippen molar-refractivity contribution < 1.29 is 4.74 Å². The van der Waals surface area contributed by atoms with Crippen LogP contribution >= 0.6 is 0 Å². The zero-order chi connectivity index (χ0) is 18.6. The summed E-state index contributed by atoms with van der Waals surface area (Å²) in [6, 6.07) is 16.1. The second-order valence-electron chi connectivity index (χ2n) is 7.14. The van der Waals surface area contributed by atoms with Crippen molar-refractivity contribution in [3.05, 3.63) is 65.9 Å². The van der Waals surface area contributed by atoms with E-state index in [9.17, 15) is 0 Å². The van der Waals surface area contributed by atoms with Crippen LogP contribution in [-0.4, -0.2) is 21.1 Å². The molecule has 1 atom stereocenters. The molecule has 1 aliphatic carbocycles. The van der Waals surface area contributed by atoms with Gasteiger partial charge in [-0.25, -0.2) is 4.68 Å². The monoisotopic (exact) mass is 357 g/mol. The van der Waals surface area contributed by atoms with Crippen molar-refractivity contribution in [2.24, 2.45) is 5.92 Å². The molecular formula is C23H23N3O. The van der Waals surface area contributed by atoms with Gasteiger partial charge in [0.1, 0.15) is 17.5 Å². The van der Waals surface area contributed by atoms with Crippen molar-refractivity contribution in [1.82, 2.24) is 15.0 Å². The molecule has 1 aliphatic rings. The van der Waals surface area contributed by atoms with Crippen LogP contribution in [0.25, 0.3) is 11.3 Å². The Morgan fingerprint density at radius 1 is 1.19 bits per heavy atom. The molecule has 3 aromatic rings. The first-order valence-corrected chi connectivity index (χ1v) is 9.42. The fraction of sp³-hybridized carbons (Fsp3) is 0.304. The van der Waals surface area contributed by atoms with Crippen molar-refractivity contribution >= 4 is 0 Å². The van der Waals surface area contributed by atoms with Gasteiger partial charge in [-0.2, -0.15) is 0 Å². The lowest BCUT2D eigenvalue weighted by Gasteiger charge is -2.14. The van der Waals surface area contributed by atoms with E-state index in [4.69, 9.17) is 4.74 Å². The predicted molar refractivity (Wildman–Crippen MR) is 106 cm³/mol. The summed E-state index contributed by atoms with van der Waals surface area (Å²) < 4.78 is 7.76. The topological polar surface area (TPSA) is 39.9 Å². The number of hydrogen-bond acceptors (Lipinski definition) is 3. The molecule has 4 rings (SSSR count). The molecule has 1 aromatic heterocycles. The van der Waals surface area contributed by atoms with Gasteiger partial charge in [0.05, 0.1) is 12.7 Å². The molecule has 0 N–H and O–H groups in total. The fourth-order valence-electron chi connectivity index (χ4n) is 2.98. The molecule has 1 unspecified atom stereocenters. The lowest BCUT2D eigenvalue weighted by molar-refractivity contribution is 0.193. The van der Waals surface area contributed by atoms with Gasteiger partial charge in [-0.1, -0.05) is 41.3 Å². The van der Waals surface area contributed by atoms with Crippen LogP contribution in [0.15, 0.2) is 54.7 Å². The largest absolute Gasteiger partial charge is 0.489 e. The van der Waals surface area contributed by atoms with Crippen LogP contribution in [0.2, 0.25) is 0 Å². The van der Waals surface area contributed by atoms with Gasteiger partial charge in [0.2, 0.25) is 0 Å². The number of benzene rings is 2. The van der Waals surface area contributed by atoms with Crippen molar-refractivity contribution in [2.45, 2.75) is 39.3 Å². The van der Waals surface area contributed by atoms with E-state index in [-0.39, 0.29) is 6.10 Å². The van der Waals surface area contributed by atoms with E-state index < -0.39 is 0 Å². The van der Waals surface area contributed by atoms with Gasteiger partial charge in [0, 0.05) is 17.0 Å². The maximum Gasteiger partial charge on any atom is 0.119 e. The van der Waals surface area contributed by atoms with Gasteiger partial charge in [0.25, 0.3) is 0 Å². The summed E-state index contributed by atoms with van der Waals surface area (Å²) in [5.41, 5.74) is 4.20. The molecule has 4 nitrogen and oxygen atoms in total. The quantitative estimate of drug-likeness (QED) is 0.632. The summed E-state index contributed by atoms with van der Waals surface area (Å²) >= 11 is 0. The van der Waals surface area contributed by atoms with Crippen LogP contribution in [0.1, 0.15) is 30.9 Å².